The van der Waals surface area contributed by atoms with Gasteiger partial charge in [0.05, 0.1) is 0 Å². The van der Waals surface area contributed by atoms with E-state index in [0.29, 0.717) is 6.04 Å². The summed E-state index contributed by atoms with van der Waals surface area (Å²) in [5, 5.41) is 4.18. The summed E-state index contributed by atoms with van der Waals surface area (Å²) >= 11 is 7.75. The molecule has 1 nitrogen and oxygen atoms in total. The molecule has 0 aliphatic rings. The smallest absolute Gasteiger partial charge is 0.0412 e. The Balaban J connectivity index is 1.99. The van der Waals surface area contributed by atoms with E-state index in [1.54, 1.807) is 0 Å². The van der Waals surface area contributed by atoms with Gasteiger partial charge in [0.2, 0.25) is 0 Å². The summed E-state index contributed by atoms with van der Waals surface area (Å²) in [6.07, 6.45) is 1.09. The van der Waals surface area contributed by atoms with E-state index in [1.165, 1.54) is 16.0 Å². The van der Waals surface area contributed by atoms with E-state index in [9.17, 15) is 0 Å². The molecule has 106 valence electrons. The number of thioether (sulfide) groups is 1. The molecule has 1 atom stereocenters. The van der Waals surface area contributed by atoms with Crippen LogP contribution in [-0.4, -0.2) is 12.8 Å². The summed E-state index contributed by atoms with van der Waals surface area (Å²) in [5.41, 5.74) is 2.72. The van der Waals surface area contributed by atoms with Gasteiger partial charge in [0.15, 0.2) is 0 Å². The Hall–Kier alpha value is -0.960. The lowest BCUT2D eigenvalue weighted by Crippen LogP contribution is -2.18. The van der Waals surface area contributed by atoms with Crippen molar-refractivity contribution in [1.82, 2.24) is 5.32 Å². The second-order valence-corrected chi connectivity index (χ2v) is 6.23. The minimum atomic E-state index is 0.363. The van der Waals surface area contributed by atoms with E-state index in [4.69, 9.17) is 11.6 Å². The van der Waals surface area contributed by atoms with Gasteiger partial charge >= 0.3 is 0 Å². The molecule has 0 bridgehead atoms. The maximum absolute atomic E-state index is 5.90. The largest absolute Gasteiger partial charge is 0.312 e. The summed E-state index contributed by atoms with van der Waals surface area (Å²) in [6, 6.07) is 17.3. The van der Waals surface area contributed by atoms with Crippen LogP contribution in [-0.2, 0) is 6.42 Å². The Morgan fingerprint density at radius 3 is 2.25 bits per heavy atom. The Bertz CT molecular complexity index is 522. The summed E-state index contributed by atoms with van der Waals surface area (Å²) < 4.78 is 0. The van der Waals surface area contributed by atoms with Crippen LogP contribution in [0.15, 0.2) is 53.4 Å². The van der Waals surface area contributed by atoms with Crippen molar-refractivity contribution in [2.45, 2.75) is 24.3 Å². The SMILES string of the molecule is CCc1ccc(C(CSc2ccc(Cl)cc2)NC)cc1. The highest BCUT2D eigenvalue weighted by Gasteiger charge is 2.09. The van der Waals surface area contributed by atoms with Crippen LogP contribution >= 0.6 is 23.4 Å². The van der Waals surface area contributed by atoms with Crippen LogP contribution < -0.4 is 5.32 Å². The molecule has 0 radical (unpaired) electrons. The summed E-state index contributed by atoms with van der Waals surface area (Å²) in [6.45, 7) is 2.18. The first kappa shape index (κ1) is 15.4. The van der Waals surface area contributed by atoms with E-state index < -0.39 is 0 Å². The standard InChI is InChI=1S/C17H20ClNS/c1-3-13-4-6-14(7-5-13)17(19-2)12-20-16-10-8-15(18)9-11-16/h4-11,17,19H,3,12H2,1-2H3. The molecule has 0 fully saturated rings. The molecule has 1 unspecified atom stereocenters. The Morgan fingerprint density at radius 1 is 1.05 bits per heavy atom. The van der Waals surface area contributed by atoms with E-state index in [1.807, 2.05) is 30.9 Å². The van der Waals surface area contributed by atoms with Crippen molar-refractivity contribution in [3.05, 3.63) is 64.7 Å². The highest BCUT2D eigenvalue weighted by Crippen LogP contribution is 2.26. The molecule has 20 heavy (non-hydrogen) atoms. The predicted molar refractivity (Wildman–Crippen MR) is 89.8 cm³/mol. The molecule has 0 aliphatic carbocycles. The lowest BCUT2D eigenvalue weighted by atomic mass is 10.1. The molecular weight excluding hydrogens is 286 g/mol. The van der Waals surface area contributed by atoms with Crippen LogP contribution in [0.1, 0.15) is 24.1 Å². The van der Waals surface area contributed by atoms with Crippen LogP contribution in [0.3, 0.4) is 0 Å². The third kappa shape index (κ3) is 4.27. The maximum atomic E-state index is 5.90. The zero-order valence-electron chi connectivity index (χ0n) is 11.9. The van der Waals surface area contributed by atoms with E-state index in [0.717, 1.165) is 17.2 Å². The molecule has 0 heterocycles. The van der Waals surface area contributed by atoms with Crippen LogP contribution in [0.2, 0.25) is 5.02 Å². The number of benzene rings is 2. The van der Waals surface area contributed by atoms with Crippen molar-refractivity contribution in [3.8, 4) is 0 Å². The van der Waals surface area contributed by atoms with Gasteiger partial charge in [0.1, 0.15) is 0 Å². The fourth-order valence-corrected chi connectivity index (χ4v) is 3.22. The average molecular weight is 306 g/mol. The van der Waals surface area contributed by atoms with Gasteiger partial charge in [-0.1, -0.05) is 42.8 Å². The summed E-state index contributed by atoms with van der Waals surface area (Å²) in [5.74, 6) is 1.00. The lowest BCUT2D eigenvalue weighted by molar-refractivity contribution is 0.661. The van der Waals surface area contributed by atoms with E-state index in [-0.39, 0.29) is 0 Å². The molecule has 0 saturated heterocycles. The number of hydrogen-bond donors (Lipinski definition) is 1. The summed E-state index contributed by atoms with van der Waals surface area (Å²) in [7, 11) is 2.01. The Morgan fingerprint density at radius 2 is 1.70 bits per heavy atom. The van der Waals surface area contributed by atoms with E-state index in [2.05, 4.69) is 48.6 Å². The second kappa shape index (κ2) is 7.72. The molecule has 0 aliphatic heterocycles. The van der Waals surface area contributed by atoms with Crippen molar-refractivity contribution in [2.75, 3.05) is 12.8 Å². The fourth-order valence-electron chi connectivity index (χ4n) is 2.04. The van der Waals surface area contributed by atoms with Crippen LogP contribution in [0.4, 0.5) is 0 Å². The van der Waals surface area contributed by atoms with Gasteiger partial charge in [0.25, 0.3) is 0 Å². The predicted octanol–water partition coefficient (Wildman–Crippen LogP) is 4.96. The molecule has 2 aromatic rings. The third-order valence-corrected chi connectivity index (χ3v) is 4.73. The zero-order chi connectivity index (χ0) is 14.4. The van der Waals surface area contributed by atoms with Crippen molar-refractivity contribution >= 4 is 23.4 Å². The molecule has 0 aromatic heterocycles. The van der Waals surface area contributed by atoms with Crippen molar-refractivity contribution in [3.63, 3.8) is 0 Å². The maximum Gasteiger partial charge on any atom is 0.0412 e. The number of halogens is 1. The van der Waals surface area contributed by atoms with E-state index >= 15 is 0 Å². The number of nitrogens with one attached hydrogen (secondary N) is 1. The van der Waals surface area contributed by atoms with Gasteiger partial charge in [-0.2, -0.15) is 0 Å². The normalized spacial score (nSPS) is 12.3. The van der Waals surface area contributed by atoms with Gasteiger partial charge in [0, 0.05) is 21.7 Å². The zero-order valence-corrected chi connectivity index (χ0v) is 13.5. The molecule has 0 amide bonds. The topological polar surface area (TPSA) is 12.0 Å². The lowest BCUT2D eigenvalue weighted by Gasteiger charge is -2.16. The second-order valence-electron chi connectivity index (χ2n) is 4.70. The van der Waals surface area contributed by atoms with Gasteiger partial charge in [-0.15, -0.1) is 11.8 Å². The summed E-state index contributed by atoms with van der Waals surface area (Å²) in [4.78, 5) is 1.25. The van der Waals surface area contributed by atoms with Crippen LogP contribution in [0.5, 0.6) is 0 Å². The van der Waals surface area contributed by atoms with Crippen molar-refractivity contribution in [2.24, 2.45) is 0 Å². The number of hydrogen-bond acceptors (Lipinski definition) is 2. The molecule has 2 aromatic carbocycles. The van der Waals surface area contributed by atoms with Gasteiger partial charge < -0.3 is 5.32 Å². The van der Waals surface area contributed by atoms with Gasteiger partial charge in [-0.05, 0) is 48.9 Å². The molecule has 3 heteroatoms. The minimum Gasteiger partial charge on any atom is -0.312 e. The molecular formula is C17H20ClNS. The van der Waals surface area contributed by atoms with Crippen LogP contribution in [0, 0.1) is 0 Å². The van der Waals surface area contributed by atoms with Gasteiger partial charge in [-0.25, -0.2) is 0 Å². The number of aryl methyl sites for hydroxylation is 1. The highest BCUT2D eigenvalue weighted by atomic mass is 35.5. The van der Waals surface area contributed by atoms with Crippen molar-refractivity contribution in [1.29, 1.82) is 0 Å². The Kier molecular flexibility index (Phi) is 5.96. The average Bonchev–Trinajstić information content (AvgIpc) is 2.50. The monoisotopic (exact) mass is 305 g/mol. The van der Waals surface area contributed by atoms with Gasteiger partial charge in [-0.3, -0.25) is 0 Å². The Labute approximate surface area is 130 Å². The third-order valence-electron chi connectivity index (χ3n) is 3.37. The highest BCUT2D eigenvalue weighted by molar-refractivity contribution is 7.99. The molecule has 1 N–H and O–H groups in total. The first-order valence-electron chi connectivity index (χ1n) is 6.87. The fraction of sp³-hybridized carbons (Fsp3) is 0.294. The van der Waals surface area contributed by atoms with Crippen molar-refractivity contribution < 1.29 is 0 Å². The first-order valence-corrected chi connectivity index (χ1v) is 8.23. The van der Waals surface area contributed by atoms with Crippen LogP contribution in [0.25, 0.3) is 0 Å². The number of rotatable bonds is 6. The quantitative estimate of drug-likeness (QED) is 0.757. The first-order chi connectivity index (χ1) is 9.72. The molecule has 0 spiro atoms. The minimum absolute atomic E-state index is 0.363. The molecule has 2 rings (SSSR count). The molecule has 0 saturated carbocycles.